The smallest absolute Gasteiger partial charge is 0.115 e. The first kappa shape index (κ1) is 14.1. The fraction of sp³-hybridized carbons (Fsp3) is 0.375. The van der Waals surface area contributed by atoms with Gasteiger partial charge in [0.05, 0.1) is 19.3 Å². The zero-order valence-electron chi connectivity index (χ0n) is 11.8. The van der Waals surface area contributed by atoms with E-state index in [0.717, 1.165) is 24.2 Å². The molecule has 21 heavy (non-hydrogen) atoms. The molecule has 2 aromatic rings. The van der Waals surface area contributed by atoms with Crippen LogP contribution in [0.2, 0.25) is 0 Å². The van der Waals surface area contributed by atoms with Crippen molar-refractivity contribution >= 4 is 0 Å². The second-order valence-electron chi connectivity index (χ2n) is 5.16. The molecule has 1 aromatic carbocycles. The third-order valence-electron chi connectivity index (χ3n) is 3.78. The summed E-state index contributed by atoms with van der Waals surface area (Å²) in [5.74, 6) is 0. The Bertz CT molecular complexity index is 550. The molecule has 2 heterocycles. The fourth-order valence-corrected chi connectivity index (χ4v) is 2.84. The summed E-state index contributed by atoms with van der Waals surface area (Å²) in [5, 5.41) is 9.63. The molecule has 1 aromatic heterocycles. The van der Waals surface area contributed by atoms with Crippen molar-refractivity contribution in [3.8, 4) is 0 Å². The highest BCUT2D eigenvalue weighted by Gasteiger charge is 2.33. The minimum Gasteiger partial charge on any atom is -0.394 e. The molecule has 1 N–H and O–H groups in total. The van der Waals surface area contributed by atoms with Crippen LogP contribution in [0.25, 0.3) is 0 Å². The summed E-state index contributed by atoms with van der Waals surface area (Å²) < 4.78 is 5.74. The van der Waals surface area contributed by atoms with Gasteiger partial charge in [0.2, 0.25) is 0 Å². The lowest BCUT2D eigenvalue weighted by Gasteiger charge is -2.40. The van der Waals surface area contributed by atoms with Gasteiger partial charge in [-0.1, -0.05) is 30.3 Å². The molecule has 5 heteroatoms. The van der Waals surface area contributed by atoms with Crippen LogP contribution in [-0.2, 0) is 11.3 Å². The van der Waals surface area contributed by atoms with E-state index in [1.807, 2.05) is 30.6 Å². The molecule has 0 saturated carbocycles. The van der Waals surface area contributed by atoms with Gasteiger partial charge in [-0.2, -0.15) is 0 Å². The Balaban J connectivity index is 1.85. The number of aliphatic hydroxyl groups excluding tert-OH is 1. The molecule has 1 fully saturated rings. The number of aromatic nitrogens is 2. The van der Waals surface area contributed by atoms with Crippen LogP contribution in [0.4, 0.5) is 0 Å². The number of hydrogen-bond acceptors (Lipinski definition) is 5. The van der Waals surface area contributed by atoms with Gasteiger partial charge in [0.15, 0.2) is 0 Å². The number of benzene rings is 1. The quantitative estimate of drug-likeness (QED) is 0.920. The molecule has 0 bridgehead atoms. The Morgan fingerprint density at radius 3 is 2.67 bits per heavy atom. The predicted octanol–water partition coefficient (Wildman–Crippen LogP) is 1.41. The lowest BCUT2D eigenvalue weighted by molar-refractivity contribution is -0.0961. The van der Waals surface area contributed by atoms with Crippen LogP contribution in [0.3, 0.4) is 0 Å². The van der Waals surface area contributed by atoms with E-state index in [1.54, 1.807) is 0 Å². The third-order valence-corrected chi connectivity index (χ3v) is 3.78. The van der Waals surface area contributed by atoms with Gasteiger partial charge >= 0.3 is 0 Å². The normalized spacial score (nSPS) is 23.1. The summed E-state index contributed by atoms with van der Waals surface area (Å²) in [4.78, 5) is 10.5. The van der Waals surface area contributed by atoms with Crippen molar-refractivity contribution in [3.63, 3.8) is 0 Å². The van der Waals surface area contributed by atoms with Crippen LogP contribution in [0, 0.1) is 0 Å². The molecule has 0 unspecified atom stereocenters. The van der Waals surface area contributed by atoms with E-state index in [9.17, 15) is 5.11 Å². The van der Waals surface area contributed by atoms with Crippen LogP contribution in [0.15, 0.2) is 49.1 Å². The third kappa shape index (κ3) is 3.26. The van der Waals surface area contributed by atoms with Gasteiger partial charge in [-0.15, -0.1) is 0 Å². The van der Waals surface area contributed by atoms with E-state index < -0.39 is 0 Å². The van der Waals surface area contributed by atoms with Gasteiger partial charge in [-0.25, -0.2) is 9.97 Å². The summed E-state index contributed by atoms with van der Waals surface area (Å²) in [6.07, 6.45) is 5.00. The van der Waals surface area contributed by atoms with Crippen LogP contribution < -0.4 is 0 Å². The number of rotatable bonds is 4. The van der Waals surface area contributed by atoms with E-state index in [1.165, 1.54) is 6.33 Å². The van der Waals surface area contributed by atoms with Crippen molar-refractivity contribution in [2.45, 2.75) is 18.7 Å². The zero-order valence-corrected chi connectivity index (χ0v) is 11.8. The molecular weight excluding hydrogens is 266 g/mol. The molecule has 0 aliphatic carbocycles. The second-order valence-corrected chi connectivity index (χ2v) is 5.16. The predicted molar refractivity (Wildman–Crippen MR) is 78.5 cm³/mol. The van der Waals surface area contributed by atoms with Gasteiger partial charge in [0.1, 0.15) is 12.4 Å². The average molecular weight is 285 g/mol. The highest BCUT2D eigenvalue weighted by atomic mass is 16.5. The number of aliphatic hydroxyl groups is 1. The topological polar surface area (TPSA) is 58.5 Å². The number of ether oxygens (including phenoxy) is 1. The Morgan fingerprint density at radius 2 is 1.95 bits per heavy atom. The molecule has 1 aliphatic heterocycles. The summed E-state index contributed by atoms with van der Waals surface area (Å²) in [6, 6.07) is 10.2. The fourth-order valence-electron chi connectivity index (χ4n) is 2.84. The molecule has 0 spiro atoms. The molecule has 1 aliphatic rings. The van der Waals surface area contributed by atoms with Crippen molar-refractivity contribution in [1.82, 2.24) is 14.9 Å². The highest BCUT2D eigenvalue weighted by Crippen LogP contribution is 2.30. The van der Waals surface area contributed by atoms with Crippen LogP contribution in [0.5, 0.6) is 0 Å². The maximum atomic E-state index is 9.63. The van der Waals surface area contributed by atoms with Crippen LogP contribution >= 0.6 is 0 Å². The van der Waals surface area contributed by atoms with E-state index >= 15 is 0 Å². The van der Waals surface area contributed by atoms with Crippen molar-refractivity contribution in [2.24, 2.45) is 0 Å². The standard InChI is InChI=1S/C16H19N3O2/c20-11-15-16(14-4-2-1-3-5-14)19(6-7-21-15)10-13-8-17-12-18-9-13/h1-5,8-9,12,15-16,20H,6-7,10-11H2/t15-,16-/m1/s1. The summed E-state index contributed by atoms with van der Waals surface area (Å²) in [5.41, 5.74) is 2.23. The summed E-state index contributed by atoms with van der Waals surface area (Å²) in [7, 11) is 0. The SMILES string of the molecule is OC[C@H]1OCCN(Cc2cncnc2)[C@@H]1c1ccccc1. The summed E-state index contributed by atoms with van der Waals surface area (Å²) >= 11 is 0. The molecular formula is C16H19N3O2. The van der Waals surface area contributed by atoms with Crippen molar-refractivity contribution < 1.29 is 9.84 Å². The molecule has 110 valence electrons. The minimum atomic E-state index is -0.203. The van der Waals surface area contributed by atoms with Gasteiger partial charge in [-0.05, 0) is 5.56 Å². The lowest BCUT2D eigenvalue weighted by Crippen LogP contribution is -2.46. The zero-order chi connectivity index (χ0) is 14.5. The number of morpholine rings is 1. The van der Waals surface area contributed by atoms with Gasteiger partial charge < -0.3 is 9.84 Å². The first-order valence-electron chi connectivity index (χ1n) is 7.14. The Morgan fingerprint density at radius 1 is 1.19 bits per heavy atom. The Hall–Kier alpha value is -1.82. The first-order chi connectivity index (χ1) is 10.4. The average Bonchev–Trinajstić information content (AvgIpc) is 2.56. The van der Waals surface area contributed by atoms with E-state index in [2.05, 4.69) is 27.0 Å². The number of nitrogens with zero attached hydrogens (tertiary/aromatic N) is 3. The molecule has 5 nitrogen and oxygen atoms in total. The second kappa shape index (κ2) is 6.76. The highest BCUT2D eigenvalue weighted by molar-refractivity contribution is 5.21. The Kier molecular flexibility index (Phi) is 4.55. The lowest BCUT2D eigenvalue weighted by atomic mass is 9.98. The van der Waals surface area contributed by atoms with E-state index in [4.69, 9.17) is 4.74 Å². The maximum absolute atomic E-state index is 9.63. The largest absolute Gasteiger partial charge is 0.394 e. The maximum Gasteiger partial charge on any atom is 0.115 e. The first-order valence-corrected chi connectivity index (χ1v) is 7.14. The minimum absolute atomic E-state index is 0.0152. The summed E-state index contributed by atoms with van der Waals surface area (Å²) in [6.45, 7) is 2.22. The number of hydrogen-bond donors (Lipinski definition) is 1. The molecule has 0 amide bonds. The van der Waals surface area contributed by atoms with Crippen molar-refractivity contribution in [2.75, 3.05) is 19.8 Å². The molecule has 1 saturated heterocycles. The van der Waals surface area contributed by atoms with Crippen molar-refractivity contribution in [1.29, 1.82) is 0 Å². The van der Waals surface area contributed by atoms with Gasteiger partial charge in [0, 0.05) is 31.0 Å². The molecule has 0 radical (unpaired) electrons. The van der Waals surface area contributed by atoms with Crippen LogP contribution in [0.1, 0.15) is 17.2 Å². The van der Waals surface area contributed by atoms with E-state index in [-0.39, 0.29) is 18.8 Å². The Labute approximate surface area is 124 Å². The van der Waals surface area contributed by atoms with Crippen molar-refractivity contribution in [3.05, 3.63) is 60.2 Å². The van der Waals surface area contributed by atoms with Gasteiger partial charge in [0.25, 0.3) is 0 Å². The van der Waals surface area contributed by atoms with Gasteiger partial charge in [-0.3, -0.25) is 4.90 Å². The van der Waals surface area contributed by atoms with E-state index in [0.29, 0.717) is 6.61 Å². The monoisotopic (exact) mass is 285 g/mol. The van der Waals surface area contributed by atoms with Crippen LogP contribution in [-0.4, -0.2) is 45.8 Å². The molecule has 3 rings (SSSR count). The molecule has 2 atom stereocenters.